The summed E-state index contributed by atoms with van der Waals surface area (Å²) >= 11 is 4.33. The third kappa shape index (κ3) is 4.87. The van der Waals surface area contributed by atoms with Crippen molar-refractivity contribution in [2.75, 3.05) is 13.1 Å². The fraction of sp³-hybridized carbons (Fsp3) is 0.333. The predicted molar refractivity (Wildman–Crippen MR) is 115 cm³/mol. The zero-order valence-corrected chi connectivity index (χ0v) is 18.8. The van der Waals surface area contributed by atoms with Crippen LogP contribution in [0.25, 0.3) is 10.6 Å². The number of carbonyl (C=O) groups excluding carboxylic acids is 1. The topological polar surface area (TPSA) is 79.4 Å². The standard InChI is InChI=1S/C18H21N3O3S4/c1-3-21(4-2)28(23,24)17-6-5-15(27-17)10-19-16(22)9-14-12-26-18(20-14)13-7-8-25-11-13/h5-8,11-12H,3-4,9-10H2,1-2H3,(H,19,22). The van der Waals surface area contributed by atoms with Crippen LogP contribution in [0.1, 0.15) is 24.4 Å². The van der Waals surface area contributed by atoms with Gasteiger partial charge in [-0.1, -0.05) is 13.8 Å². The maximum Gasteiger partial charge on any atom is 0.252 e. The molecule has 150 valence electrons. The molecule has 3 heterocycles. The Hall–Kier alpha value is -1.59. The third-order valence-electron chi connectivity index (χ3n) is 4.06. The van der Waals surface area contributed by atoms with Crippen molar-refractivity contribution in [3.8, 4) is 10.6 Å². The first-order chi connectivity index (χ1) is 13.4. The molecule has 28 heavy (non-hydrogen) atoms. The molecular weight excluding hydrogens is 434 g/mol. The molecule has 1 amide bonds. The number of thiophene rings is 2. The highest BCUT2D eigenvalue weighted by Crippen LogP contribution is 2.26. The van der Waals surface area contributed by atoms with E-state index in [9.17, 15) is 13.2 Å². The molecule has 0 aliphatic carbocycles. The lowest BCUT2D eigenvalue weighted by Crippen LogP contribution is -2.30. The number of nitrogens with one attached hydrogen (secondary N) is 1. The molecule has 3 rings (SSSR count). The summed E-state index contributed by atoms with van der Waals surface area (Å²) in [5.74, 6) is -0.135. The van der Waals surface area contributed by atoms with Gasteiger partial charge in [-0.15, -0.1) is 22.7 Å². The molecule has 0 saturated heterocycles. The van der Waals surface area contributed by atoms with Gasteiger partial charge in [-0.05, 0) is 23.6 Å². The van der Waals surface area contributed by atoms with Crippen molar-refractivity contribution < 1.29 is 13.2 Å². The number of rotatable bonds is 9. The fourth-order valence-electron chi connectivity index (χ4n) is 2.60. The lowest BCUT2D eigenvalue weighted by atomic mass is 10.3. The highest BCUT2D eigenvalue weighted by atomic mass is 32.2. The summed E-state index contributed by atoms with van der Waals surface area (Å²) in [6, 6.07) is 5.36. The van der Waals surface area contributed by atoms with Crippen LogP contribution in [0.4, 0.5) is 0 Å². The first-order valence-corrected chi connectivity index (χ1v) is 12.8. The van der Waals surface area contributed by atoms with E-state index in [1.165, 1.54) is 27.0 Å². The van der Waals surface area contributed by atoms with Crippen molar-refractivity contribution in [1.82, 2.24) is 14.6 Å². The smallest absolute Gasteiger partial charge is 0.252 e. The Bertz CT molecular complexity index is 1020. The SMILES string of the molecule is CCN(CC)S(=O)(=O)c1ccc(CNC(=O)Cc2csc(-c3ccsc3)n2)s1. The fourth-order valence-corrected chi connectivity index (χ4v) is 7.04. The van der Waals surface area contributed by atoms with Crippen LogP contribution in [-0.2, 0) is 27.8 Å². The van der Waals surface area contributed by atoms with Crippen LogP contribution in [-0.4, -0.2) is 36.7 Å². The molecule has 0 aliphatic heterocycles. The molecule has 0 aromatic carbocycles. The van der Waals surface area contributed by atoms with Gasteiger partial charge in [0.15, 0.2) is 0 Å². The van der Waals surface area contributed by atoms with Crippen molar-refractivity contribution in [3.63, 3.8) is 0 Å². The van der Waals surface area contributed by atoms with Gasteiger partial charge in [0.2, 0.25) is 5.91 Å². The Balaban J connectivity index is 1.56. The summed E-state index contributed by atoms with van der Waals surface area (Å²) in [6.45, 7) is 4.81. The van der Waals surface area contributed by atoms with E-state index in [2.05, 4.69) is 10.3 Å². The van der Waals surface area contributed by atoms with Gasteiger partial charge in [-0.2, -0.15) is 15.6 Å². The molecular formula is C18H21N3O3S4. The minimum absolute atomic E-state index is 0.135. The van der Waals surface area contributed by atoms with E-state index in [-0.39, 0.29) is 12.3 Å². The highest BCUT2D eigenvalue weighted by molar-refractivity contribution is 7.91. The van der Waals surface area contributed by atoms with E-state index in [0.717, 1.165) is 21.1 Å². The van der Waals surface area contributed by atoms with Crippen molar-refractivity contribution in [2.45, 2.75) is 31.0 Å². The summed E-state index contributed by atoms with van der Waals surface area (Å²) in [7, 11) is -3.45. The van der Waals surface area contributed by atoms with Crippen LogP contribution in [0.15, 0.2) is 38.5 Å². The lowest BCUT2D eigenvalue weighted by molar-refractivity contribution is -0.120. The Morgan fingerprint density at radius 2 is 1.96 bits per heavy atom. The molecule has 0 spiro atoms. The maximum atomic E-state index is 12.5. The number of sulfonamides is 1. The van der Waals surface area contributed by atoms with Crippen LogP contribution in [0.2, 0.25) is 0 Å². The zero-order chi connectivity index (χ0) is 20.1. The number of hydrogen-bond donors (Lipinski definition) is 1. The molecule has 0 unspecified atom stereocenters. The van der Waals surface area contributed by atoms with E-state index < -0.39 is 10.0 Å². The minimum atomic E-state index is -3.45. The summed E-state index contributed by atoms with van der Waals surface area (Å²) < 4.78 is 26.8. The molecule has 0 aliphatic rings. The second kappa shape index (κ2) is 9.27. The Labute approximate surface area is 176 Å². The van der Waals surface area contributed by atoms with E-state index >= 15 is 0 Å². The third-order valence-corrected chi connectivity index (χ3v) is 9.28. The molecule has 1 N–H and O–H groups in total. The minimum Gasteiger partial charge on any atom is -0.351 e. The average Bonchev–Trinajstić information content (AvgIpc) is 3.41. The number of nitrogens with zero attached hydrogens (tertiary/aromatic N) is 2. The second-order valence-electron chi connectivity index (χ2n) is 5.92. The van der Waals surface area contributed by atoms with Gasteiger partial charge >= 0.3 is 0 Å². The number of carbonyl (C=O) groups is 1. The summed E-state index contributed by atoms with van der Waals surface area (Å²) in [6.07, 6.45) is 0.205. The molecule has 3 aromatic rings. The van der Waals surface area contributed by atoms with Crippen LogP contribution >= 0.6 is 34.0 Å². The molecule has 3 aromatic heterocycles. The molecule has 0 atom stereocenters. The average molecular weight is 456 g/mol. The van der Waals surface area contributed by atoms with Gasteiger partial charge in [0.1, 0.15) is 9.22 Å². The van der Waals surface area contributed by atoms with Gasteiger partial charge < -0.3 is 5.32 Å². The van der Waals surface area contributed by atoms with E-state index in [1.807, 2.05) is 36.1 Å². The number of thiazole rings is 1. The van der Waals surface area contributed by atoms with E-state index in [4.69, 9.17) is 0 Å². The maximum absolute atomic E-state index is 12.5. The van der Waals surface area contributed by atoms with Crippen LogP contribution in [0, 0.1) is 0 Å². The van der Waals surface area contributed by atoms with Gasteiger partial charge in [-0.25, -0.2) is 13.4 Å². The Kier molecular flexibility index (Phi) is 7.00. The molecule has 0 saturated carbocycles. The van der Waals surface area contributed by atoms with Crippen LogP contribution in [0.5, 0.6) is 0 Å². The van der Waals surface area contributed by atoms with Gasteiger partial charge in [0.25, 0.3) is 10.0 Å². The molecule has 0 radical (unpaired) electrons. The van der Waals surface area contributed by atoms with Crippen LogP contribution < -0.4 is 5.32 Å². The molecule has 0 fully saturated rings. The molecule has 6 nitrogen and oxygen atoms in total. The molecule has 0 bridgehead atoms. The quantitative estimate of drug-likeness (QED) is 0.532. The van der Waals surface area contributed by atoms with Gasteiger partial charge in [-0.3, -0.25) is 4.79 Å². The lowest BCUT2D eigenvalue weighted by Gasteiger charge is -2.16. The number of aromatic nitrogens is 1. The second-order valence-corrected chi connectivity index (χ2v) is 10.9. The number of amides is 1. The molecule has 10 heteroatoms. The van der Waals surface area contributed by atoms with E-state index in [1.54, 1.807) is 23.5 Å². The Morgan fingerprint density at radius 1 is 1.18 bits per heavy atom. The van der Waals surface area contributed by atoms with Crippen molar-refractivity contribution in [2.24, 2.45) is 0 Å². The highest BCUT2D eigenvalue weighted by Gasteiger charge is 2.23. The van der Waals surface area contributed by atoms with Crippen molar-refractivity contribution in [3.05, 3.63) is 44.9 Å². The van der Waals surface area contributed by atoms with E-state index in [0.29, 0.717) is 23.8 Å². The summed E-state index contributed by atoms with van der Waals surface area (Å²) in [4.78, 5) is 17.5. The normalized spacial score (nSPS) is 11.8. The first kappa shape index (κ1) is 21.1. The summed E-state index contributed by atoms with van der Waals surface area (Å²) in [5, 5.41) is 9.68. The van der Waals surface area contributed by atoms with Crippen molar-refractivity contribution in [1.29, 1.82) is 0 Å². The Morgan fingerprint density at radius 3 is 2.64 bits per heavy atom. The summed E-state index contributed by atoms with van der Waals surface area (Å²) in [5.41, 5.74) is 1.81. The zero-order valence-electron chi connectivity index (χ0n) is 15.5. The predicted octanol–water partition coefficient (Wildman–Crippen LogP) is 3.82. The largest absolute Gasteiger partial charge is 0.351 e. The number of hydrogen-bond acceptors (Lipinski definition) is 7. The van der Waals surface area contributed by atoms with Gasteiger partial charge in [0.05, 0.1) is 18.7 Å². The van der Waals surface area contributed by atoms with Crippen molar-refractivity contribution >= 4 is 49.9 Å². The monoisotopic (exact) mass is 455 g/mol. The van der Waals surface area contributed by atoms with Gasteiger partial charge in [0, 0.05) is 34.3 Å². The van der Waals surface area contributed by atoms with Crippen LogP contribution in [0.3, 0.4) is 0 Å². The first-order valence-electron chi connectivity index (χ1n) is 8.76.